The van der Waals surface area contributed by atoms with Gasteiger partial charge in [-0.1, -0.05) is 54.6 Å². The van der Waals surface area contributed by atoms with E-state index in [9.17, 15) is 27.6 Å². The minimum absolute atomic E-state index is 0.114. The average molecular weight is 576 g/mol. The van der Waals surface area contributed by atoms with E-state index in [0.717, 1.165) is 37.9 Å². The number of hydrogen-bond donors (Lipinski definition) is 4. The van der Waals surface area contributed by atoms with Crippen molar-refractivity contribution in [3.8, 4) is 0 Å². The summed E-state index contributed by atoms with van der Waals surface area (Å²) in [5.41, 5.74) is 7.21. The first-order chi connectivity index (χ1) is 19.2. The average Bonchev–Trinajstić information content (AvgIpc) is 3.15. The van der Waals surface area contributed by atoms with E-state index in [1.807, 2.05) is 42.5 Å². The summed E-state index contributed by atoms with van der Waals surface area (Å²) in [6, 6.07) is 16.9. The number of rotatable bonds is 8. The van der Waals surface area contributed by atoms with Crippen molar-refractivity contribution in [1.29, 1.82) is 0 Å². The minimum atomic E-state index is -5.08. The van der Waals surface area contributed by atoms with Gasteiger partial charge in [0.1, 0.15) is 0 Å². The molecule has 1 aliphatic carbocycles. The molecule has 5 N–H and O–H groups in total. The number of alkyl halides is 3. The lowest BCUT2D eigenvalue weighted by atomic mass is 9.65. The molecule has 2 aliphatic rings. The summed E-state index contributed by atoms with van der Waals surface area (Å²) in [4.78, 5) is 49.4. The first kappa shape index (κ1) is 32.0. The number of nitrogens with two attached hydrogens (primary N) is 1. The molecule has 1 amide bonds. The molecule has 1 heterocycles. The van der Waals surface area contributed by atoms with Crippen LogP contribution in [0.2, 0.25) is 0 Å². The number of halogens is 3. The zero-order chi connectivity index (χ0) is 30.4. The Morgan fingerprint density at radius 1 is 1.05 bits per heavy atom. The summed E-state index contributed by atoms with van der Waals surface area (Å²) in [6.45, 7) is 4.76. The summed E-state index contributed by atoms with van der Waals surface area (Å²) in [5, 5.41) is 13.4. The Labute approximate surface area is 236 Å². The van der Waals surface area contributed by atoms with E-state index in [2.05, 4.69) is 22.8 Å². The Morgan fingerprint density at radius 2 is 1.61 bits per heavy atom. The van der Waals surface area contributed by atoms with Gasteiger partial charge in [0, 0.05) is 11.0 Å². The predicted octanol–water partition coefficient (Wildman–Crippen LogP) is 3.57. The Morgan fingerprint density at radius 3 is 2.17 bits per heavy atom. The molecule has 1 fully saturated rings. The van der Waals surface area contributed by atoms with E-state index in [4.69, 9.17) is 15.6 Å². The molecule has 0 saturated carbocycles. The zero-order valence-electron chi connectivity index (χ0n) is 23.1. The molecule has 41 heavy (non-hydrogen) atoms. The van der Waals surface area contributed by atoms with E-state index in [0.29, 0.717) is 18.4 Å². The van der Waals surface area contributed by atoms with Gasteiger partial charge in [-0.25, -0.2) is 4.79 Å². The summed E-state index contributed by atoms with van der Waals surface area (Å²) < 4.78 is 31.7. The van der Waals surface area contributed by atoms with Gasteiger partial charge in [0.15, 0.2) is 11.6 Å². The number of benzene rings is 2. The minimum Gasteiger partial charge on any atom is -0.475 e. The van der Waals surface area contributed by atoms with Crippen LogP contribution in [-0.4, -0.2) is 59.4 Å². The molecular formula is C30H36F3N3O5. The third-order valence-electron chi connectivity index (χ3n) is 7.60. The topological polar surface area (TPSA) is 139 Å². The van der Waals surface area contributed by atoms with Crippen molar-refractivity contribution >= 4 is 23.4 Å². The van der Waals surface area contributed by atoms with Gasteiger partial charge in [0.2, 0.25) is 5.91 Å². The zero-order valence-corrected chi connectivity index (χ0v) is 23.1. The van der Waals surface area contributed by atoms with Crippen LogP contribution in [0.25, 0.3) is 0 Å². The number of carboxylic acid groups (broad SMARTS) is 1. The molecule has 8 nitrogen and oxygen atoms in total. The Balaban J connectivity index is 0.000000587. The highest BCUT2D eigenvalue weighted by atomic mass is 19.4. The summed E-state index contributed by atoms with van der Waals surface area (Å²) in [7, 11) is 0. The maximum absolute atomic E-state index is 14.1. The van der Waals surface area contributed by atoms with E-state index < -0.39 is 35.1 Å². The Kier molecular flexibility index (Phi) is 10.1. The normalized spacial score (nSPS) is 18.6. The molecule has 2 atom stereocenters. The summed E-state index contributed by atoms with van der Waals surface area (Å²) in [6.07, 6.45) is -1.67. The Hall–Kier alpha value is -3.57. The van der Waals surface area contributed by atoms with Gasteiger partial charge < -0.3 is 21.5 Å². The van der Waals surface area contributed by atoms with Crippen LogP contribution in [-0.2, 0) is 26.2 Å². The smallest absolute Gasteiger partial charge is 0.475 e. The first-order valence-electron chi connectivity index (χ1n) is 13.5. The highest BCUT2D eigenvalue weighted by Gasteiger charge is 2.56. The number of Topliss-reactive ketones (excluding diaryl/α,β-unsaturated/α-hetero) is 2. The molecule has 0 bridgehead atoms. The number of fused-ring (bicyclic) bond motifs is 2. The standard InChI is InChI=1S/C28H35N3O3.C2HF3O2/c1-27(2,29)26(34)31-22(14-8-11-19-9-4-3-5-10-19)25(33)23-24(32)20-12-6-7-13-21(20)28(23)15-17-30-18-16-28;3-2(4,5)1(6)7/h3-7,9-10,12-13,22-23,30H,8,11,14-18,29H2,1-2H3,(H,31,34);(H,6,7)/t22?,23-;/m1./s1. The monoisotopic (exact) mass is 575 g/mol. The summed E-state index contributed by atoms with van der Waals surface area (Å²) in [5.74, 6) is -4.22. The number of piperidine rings is 1. The number of amides is 1. The SMILES string of the molecule is CC(C)(N)C(=O)NC(CCCc1ccccc1)C(=O)[C@H]1C(=O)c2ccccc2C12CCNCC2.O=C(O)C(F)(F)F. The van der Waals surface area contributed by atoms with Crippen LogP contribution in [0.1, 0.15) is 61.0 Å². The predicted molar refractivity (Wildman–Crippen MR) is 146 cm³/mol. The second kappa shape index (κ2) is 12.9. The van der Waals surface area contributed by atoms with Gasteiger partial charge in [-0.3, -0.25) is 14.4 Å². The van der Waals surface area contributed by atoms with Crippen LogP contribution in [0.3, 0.4) is 0 Å². The number of aliphatic carboxylic acids is 1. The second-order valence-corrected chi connectivity index (χ2v) is 11.1. The molecule has 1 unspecified atom stereocenters. The highest BCUT2D eigenvalue weighted by molar-refractivity contribution is 6.17. The first-order valence-corrected chi connectivity index (χ1v) is 13.5. The fourth-order valence-electron chi connectivity index (χ4n) is 5.51. The van der Waals surface area contributed by atoms with Crippen LogP contribution < -0.4 is 16.4 Å². The number of nitrogens with one attached hydrogen (secondary N) is 2. The largest absolute Gasteiger partial charge is 0.490 e. The number of aryl methyl sites for hydroxylation is 1. The van der Waals surface area contributed by atoms with Gasteiger partial charge in [0.05, 0.1) is 17.5 Å². The lowest BCUT2D eigenvalue weighted by Crippen LogP contribution is -2.57. The van der Waals surface area contributed by atoms with E-state index in [-0.39, 0.29) is 17.5 Å². The molecule has 1 saturated heterocycles. The third kappa shape index (κ3) is 7.59. The van der Waals surface area contributed by atoms with Crippen molar-refractivity contribution in [1.82, 2.24) is 10.6 Å². The van der Waals surface area contributed by atoms with Crippen molar-refractivity contribution in [2.75, 3.05) is 13.1 Å². The van der Waals surface area contributed by atoms with Crippen molar-refractivity contribution in [2.45, 2.75) is 69.1 Å². The molecule has 2 aromatic rings. The van der Waals surface area contributed by atoms with Crippen LogP contribution in [0.5, 0.6) is 0 Å². The number of carbonyl (C=O) groups is 4. The number of hydrogen-bond acceptors (Lipinski definition) is 6. The second-order valence-electron chi connectivity index (χ2n) is 11.1. The molecule has 4 rings (SSSR count). The van der Waals surface area contributed by atoms with Crippen LogP contribution >= 0.6 is 0 Å². The molecule has 0 aromatic heterocycles. The van der Waals surface area contributed by atoms with E-state index >= 15 is 0 Å². The molecule has 1 spiro atoms. The van der Waals surface area contributed by atoms with Crippen LogP contribution in [0.15, 0.2) is 54.6 Å². The molecule has 222 valence electrons. The van der Waals surface area contributed by atoms with Crippen LogP contribution in [0, 0.1) is 5.92 Å². The quantitative estimate of drug-likeness (QED) is 0.353. The lowest BCUT2D eigenvalue weighted by molar-refractivity contribution is -0.192. The van der Waals surface area contributed by atoms with E-state index in [1.165, 1.54) is 5.56 Å². The number of carbonyl (C=O) groups excluding carboxylic acids is 3. The molecule has 0 radical (unpaired) electrons. The van der Waals surface area contributed by atoms with Gasteiger partial charge in [0.25, 0.3) is 0 Å². The van der Waals surface area contributed by atoms with Crippen molar-refractivity contribution in [3.63, 3.8) is 0 Å². The van der Waals surface area contributed by atoms with E-state index in [1.54, 1.807) is 13.8 Å². The van der Waals surface area contributed by atoms with Crippen molar-refractivity contribution in [2.24, 2.45) is 11.7 Å². The molecular weight excluding hydrogens is 539 g/mol. The fraction of sp³-hybridized carbons (Fsp3) is 0.467. The molecule has 11 heteroatoms. The highest BCUT2D eigenvalue weighted by Crippen LogP contribution is 2.49. The molecule has 1 aliphatic heterocycles. The van der Waals surface area contributed by atoms with Crippen molar-refractivity contribution < 1.29 is 37.5 Å². The summed E-state index contributed by atoms with van der Waals surface area (Å²) >= 11 is 0. The maximum Gasteiger partial charge on any atom is 0.490 e. The fourth-order valence-corrected chi connectivity index (χ4v) is 5.51. The van der Waals surface area contributed by atoms with Gasteiger partial charge in [-0.15, -0.1) is 0 Å². The van der Waals surface area contributed by atoms with Crippen LogP contribution in [0.4, 0.5) is 13.2 Å². The van der Waals surface area contributed by atoms with Crippen molar-refractivity contribution in [3.05, 3.63) is 71.3 Å². The van der Waals surface area contributed by atoms with Gasteiger partial charge >= 0.3 is 12.1 Å². The number of ketones is 2. The third-order valence-corrected chi connectivity index (χ3v) is 7.60. The molecule has 2 aromatic carbocycles. The van der Waals surface area contributed by atoms with Gasteiger partial charge in [-0.05, 0) is 70.2 Å². The van der Waals surface area contributed by atoms with Gasteiger partial charge in [-0.2, -0.15) is 13.2 Å². The Bertz CT molecular complexity index is 1250. The lowest BCUT2D eigenvalue weighted by Gasteiger charge is -2.40. The maximum atomic E-state index is 14.1. The number of carboxylic acids is 1.